The summed E-state index contributed by atoms with van der Waals surface area (Å²) in [4.78, 5) is 0. The topological polar surface area (TPSA) is 12.5 Å². The third-order valence-electron chi connectivity index (χ3n) is 2.15. The maximum absolute atomic E-state index is 13.0. The van der Waals surface area contributed by atoms with Crippen LogP contribution in [0.1, 0.15) is 12.0 Å². The van der Waals surface area contributed by atoms with Gasteiger partial charge in [-0.05, 0) is 24.5 Å². The summed E-state index contributed by atoms with van der Waals surface area (Å²) in [6.07, 6.45) is 1.74. The molecule has 0 radical (unpaired) electrons. The van der Waals surface area contributed by atoms with Gasteiger partial charge in [0.2, 0.25) is 0 Å². The van der Waals surface area contributed by atoms with Crippen LogP contribution in [0.3, 0.4) is 0 Å². The van der Waals surface area contributed by atoms with Gasteiger partial charge in [-0.2, -0.15) is 0 Å². The van der Waals surface area contributed by atoms with Crippen molar-refractivity contribution in [2.45, 2.75) is 18.9 Å². The number of epoxide rings is 1. The molecule has 2 rings (SSSR count). The highest BCUT2D eigenvalue weighted by molar-refractivity contribution is 5.18. The molecule has 1 atom stereocenters. The first kappa shape index (κ1) is 8.63. The third kappa shape index (κ3) is 2.25. The van der Waals surface area contributed by atoms with Gasteiger partial charge < -0.3 is 4.74 Å². The SMILES string of the molecule is Fc1ccc(CCC2CO2)c(F)c1. The van der Waals surface area contributed by atoms with E-state index in [-0.39, 0.29) is 0 Å². The fourth-order valence-electron chi connectivity index (χ4n) is 1.28. The number of halogens is 2. The van der Waals surface area contributed by atoms with Crippen molar-refractivity contribution in [1.29, 1.82) is 0 Å². The van der Waals surface area contributed by atoms with E-state index in [2.05, 4.69) is 0 Å². The first-order valence-electron chi connectivity index (χ1n) is 4.31. The van der Waals surface area contributed by atoms with E-state index in [9.17, 15) is 8.78 Å². The van der Waals surface area contributed by atoms with Crippen LogP contribution in [0.4, 0.5) is 8.78 Å². The van der Waals surface area contributed by atoms with Crippen LogP contribution >= 0.6 is 0 Å². The zero-order chi connectivity index (χ0) is 9.26. The van der Waals surface area contributed by atoms with Crippen LogP contribution in [0.25, 0.3) is 0 Å². The van der Waals surface area contributed by atoms with Crippen molar-refractivity contribution < 1.29 is 13.5 Å². The van der Waals surface area contributed by atoms with Crippen LogP contribution in [0.5, 0.6) is 0 Å². The van der Waals surface area contributed by atoms with Crippen LogP contribution in [0.15, 0.2) is 18.2 Å². The molecular formula is C10H10F2O. The molecule has 0 aromatic heterocycles. The van der Waals surface area contributed by atoms with Crippen LogP contribution in [0.2, 0.25) is 0 Å². The van der Waals surface area contributed by atoms with E-state index < -0.39 is 11.6 Å². The normalized spacial score (nSPS) is 20.3. The number of aryl methyl sites for hydroxylation is 1. The molecule has 13 heavy (non-hydrogen) atoms. The molecule has 0 bridgehead atoms. The van der Waals surface area contributed by atoms with Gasteiger partial charge in [-0.25, -0.2) is 8.78 Å². The lowest BCUT2D eigenvalue weighted by molar-refractivity contribution is 0.395. The number of ether oxygens (including phenoxy) is 1. The molecule has 3 heteroatoms. The predicted molar refractivity (Wildman–Crippen MR) is 44.4 cm³/mol. The highest BCUT2D eigenvalue weighted by Crippen LogP contribution is 2.18. The minimum Gasteiger partial charge on any atom is -0.373 e. The minimum atomic E-state index is -0.524. The monoisotopic (exact) mass is 184 g/mol. The van der Waals surface area contributed by atoms with Crippen molar-refractivity contribution in [3.8, 4) is 0 Å². The lowest BCUT2D eigenvalue weighted by atomic mass is 10.1. The highest BCUT2D eigenvalue weighted by atomic mass is 19.1. The second kappa shape index (κ2) is 3.42. The summed E-state index contributed by atoms with van der Waals surface area (Å²) in [7, 11) is 0. The van der Waals surface area contributed by atoms with E-state index in [0.29, 0.717) is 18.1 Å². The molecule has 1 aliphatic heterocycles. The Hall–Kier alpha value is -0.960. The molecule has 1 fully saturated rings. The Kier molecular flexibility index (Phi) is 2.27. The molecule has 70 valence electrons. The average molecular weight is 184 g/mol. The van der Waals surface area contributed by atoms with Crippen LogP contribution in [-0.4, -0.2) is 12.7 Å². The van der Waals surface area contributed by atoms with E-state index >= 15 is 0 Å². The lowest BCUT2D eigenvalue weighted by Crippen LogP contribution is -1.95. The Morgan fingerprint density at radius 3 is 2.77 bits per heavy atom. The Balaban J connectivity index is 2.01. The Bertz CT molecular complexity index is 308. The molecule has 1 unspecified atom stereocenters. The van der Waals surface area contributed by atoms with Gasteiger partial charge >= 0.3 is 0 Å². The predicted octanol–water partition coefficient (Wildman–Crippen LogP) is 2.30. The summed E-state index contributed by atoms with van der Waals surface area (Å²) in [6.45, 7) is 0.781. The Labute approximate surface area is 75.3 Å². The van der Waals surface area contributed by atoms with Crippen molar-refractivity contribution in [2.24, 2.45) is 0 Å². The van der Waals surface area contributed by atoms with E-state index in [4.69, 9.17) is 4.74 Å². The molecule has 0 N–H and O–H groups in total. The second-order valence-corrected chi connectivity index (χ2v) is 3.23. The summed E-state index contributed by atoms with van der Waals surface area (Å²) in [5.74, 6) is -0.982. The fraction of sp³-hybridized carbons (Fsp3) is 0.400. The molecule has 1 aromatic carbocycles. The molecule has 1 aliphatic rings. The van der Waals surface area contributed by atoms with Crippen LogP contribution in [0, 0.1) is 11.6 Å². The first-order valence-corrected chi connectivity index (χ1v) is 4.31. The summed E-state index contributed by atoms with van der Waals surface area (Å²) in [6, 6.07) is 3.70. The average Bonchev–Trinajstić information content (AvgIpc) is 2.86. The van der Waals surface area contributed by atoms with E-state index in [1.54, 1.807) is 0 Å². The van der Waals surface area contributed by atoms with Gasteiger partial charge in [-0.1, -0.05) is 6.07 Å². The zero-order valence-corrected chi connectivity index (χ0v) is 7.09. The number of rotatable bonds is 3. The number of hydrogen-bond donors (Lipinski definition) is 0. The molecule has 1 saturated heterocycles. The van der Waals surface area contributed by atoms with Crippen molar-refractivity contribution >= 4 is 0 Å². The largest absolute Gasteiger partial charge is 0.373 e. The zero-order valence-electron chi connectivity index (χ0n) is 7.09. The third-order valence-corrected chi connectivity index (χ3v) is 2.15. The lowest BCUT2D eigenvalue weighted by Gasteiger charge is -2.00. The van der Waals surface area contributed by atoms with Gasteiger partial charge in [0.15, 0.2) is 0 Å². The molecular weight excluding hydrogens is 174 g/mol. The van der Waals surface area contributed by atoms with E-state index in [1.807, 2.05) is 0 Å². The Morgan fingerprint density at radius 1 is 1.38 bits per heavy atom. The standard InChI is InChI=1S/C10H10F2O/c11-8-3-1-7(10(12)5-8)2-4-9-6-13-9/h1,3,5,9H,2,4,6H2. The number of benzene rings is 1. The first-order chi connectivity index (χ1) is 6.25. The van der Waals surface area contributed by atoms with E-state index in [1.165, 1.54) is 12.1 Å². The Morgan fingerprint density at radius 2 is 2.15 bits per heavy atom. The van der Waals surface area contributed by atoms with Crippen LogP contribution < -0.4 is 0 Å². The molecule has 1 heterocycles. The van der Waals surface area contributed by atoms with E-state index in [0.717, 1.165) is 19.1 Å². The minimum absolute atomic E-state index is 0.296. The smallest absolute Gasteiger partial charge is 0.129 e. The van der Waals surface area contributed by atoms with Crippen molar-refractivity contribution in [3.05, 3.63) is 35.4 Å². The molecule has 0 amide bonds. The summed E-state index contributed by atoms with van der Waals surface area (Å²) >= 11 is 0. The molecule has 0 spiro atoms. The van der Waals surface area contributed by atoms with Crippen LogP contribution in [-0.2, 0) is 11.2 Å². The quantitative estimate of drug-likeness (QED) is 0.656. The molecule has 0 saturated carbocycles. The van der Waals surface area contributed by atoms with Gasteiger partial charge in [0.25, 0.3) is 0 Å². The van der Waals surface area contributed by atoms with Gasteiger partial charge in [0, 0.05) is 6.07 Å². The van der Waals surface area contributed by atoms with Gasteiger partial charge in [-0.3, -0.25) is 0 Å². The van der Waals surface area contributed by atoms with Crippen molar-refractivity contribution in [1.82, 2.24) is 0 Å². The number of hydrogen-bond acceptors (Lipinski definition) is 1. The van der Waals surface area contributed by atoms with Crippen molar-refractivity contribution in [2.75, 3.05) is 6.61 Å². The summed E-state index contributed by atoms with van der Waals surface area (Å²) in [5.41, 5.74) is 0.567. The van der Waals surface area contributed by atoms with Crippen molar-refractivity contribution in [3.63, 3.8) is 0 Å². The molecule has 0 aliphatic carbocycles. The van der Waals surface area contributed by atoms with Gasteiger partial charge in [0.05, 0.1) is 12.7 Å². The second-order valence-electron chi connectivity index (χ2n) is 3.23. The maximum Gasteiger partial charge on any atom is 0.129 e. The fourth-order valence-corrected chi connectivity index (χ4v) is 1.28. The maximum atomic E-state index is 13.0. The highest BCUT2D eigenvalue weighted by Gasteiger charge is 2.22. The summed E-state index contributed by atoms with van der Waals surface area (Å²) in [5, 5.41) is 0. The van der Waals surface area contributed by atoms with Gasteiger partial charge in [0.1, 0.15) is 11.6 Å². The molecule has 1 aromatic rings. The van der Waals surface area contributed by atoms with Gasteiger partial charge in [-0.15, -0.1) is 0 Å². The molecule has 1 nitrogen and oxygen atoms in total. The summed E-state index contributed by atoms with van der Waals surface area (Å²) < 4.78 is 30.5.